The van der Waals surface area contributed by atoms with E-state index in [1.165, 1.54) is 13.2 Å². The van der Waals surface area contributed by atoms with Gasteiger partial charge in [0.1, 0.15) is 11.4 Å². The van der Waals surface area contributed by atoms with E-state index in [0.29, 0.717) is 5.56 Å². The van der Waals surface area contributed by atoms with Gasteiger partial charge in [-0.05, 0) is 38.5 Å². The predicted octanol–water partition coefficient (Wildman–Crippen LogP) is -0.421. The summed E-state index contributed by atoms with van der Waals surface area (Å²) in [7, 11) is 1.21. The standard InChI is InChI=1S/C18H23FNO8.K/c1-10(21)27-14(17(24)28-18(2,3)4)15(20-25-5)26-9-11-6-7-13(19)12(8-11)16(22)23;/h6-8,14-15H,9H2,1-5H3,(H,22,23);/q-1;+1. The van der Waals surface area contributed by atoms with Crippen LogP contribution in [0.1, 0.15) is 43.6 Å². The molecule has 29 heavy (non-hydrogen) atoms. The Labute approximate surface area is 210 Å². The molecule has 0 radical (unpaired) electrons. The summed E-state index contributed by atoms with van der Waals surface area (Å²) in [6, 6.07) is 3.36. The first-order chi connectivity index (χ1) is 12.9. The first-order valence-corrected chi connectivity index (χ1v) is 8.21. The minimum absolute atomic E-state index is 0. The number of aromatic carboxylic acids is 1. The summed E-state index contributed by atoms with van der Waals surface area (Å²) in [5.41, 5.74) is 2.52. The molecule has 0 saturated carbocycles. The molecule has 0 saturated heterocycles. The fraction of sp³-hybridized carbons (Fsp3) is 0.500. The average Bonchev–Trinajstić information content (AvgIpc) is 2.55. The number of nitrogens with zero attached hydrogens (tertiary/aromatic N) is 1. The third kappa shape index (κ3) is 10.1. The van der Waals surface area contributed by atoms with Gasteiger partial charge in [0.05, 0.1) is 12.2 Å². The molecule has 2 atom stereocenters. The fourth-order valence-electron chi connectivity index (χ4n) is 2.05. The van der Waals surface area contributed by atoms with Gasteiger partial charge in [0.15, 0.2) is 0 Å². The molecule has 0 amide bonds. The molecule has 11 heteroatoms. The molecule has 0 aliphatic heterocycles. The molecule has 0 spiro atoms. The zero-order valence-electron chi connectivity index (χ0n) is 17.2. The first-order valence-electron chi connectivity index (χ1n) is 8.21. The van der Waals surface area contributed by atoms with Crippen molar-refractivity contribution in [3.05, 3.63) is 40.6 Å². The van der Waals surface area contributed by atoms with Gasteiger partial charge < -0.3 is 29.6 Å². The summed E-state index contributed by atoms with van der Waals surface area (Å²) in [6.45, 7) is 5.72. The number of esters is 2. The molecule has 9 nitrogen and oxygen atoms in total. The number of carboxylic acids is 1. The first kappa shape index (κ1) is 28.1. The zero-order valence-corrected chi connectivity index (χ0v) is 20.3. The maximum Gasteiger partial charge on any atom is 1.00 e. The van der Waals surface area contributed by atoms with Crippen LogP contribution in [0.5, 0.6) is 0 Å². The van der Waals surface area contributed by atoms with Crippen molar-refractivity contribution in [2.75, 3.05) is 7.11 Å². The van der Waals surface area contributed by atoms with Crippen LogP contribution in [0.15, 0.2) is 18.2 Å². The Bertz CT molecular complexity index is 722. The van der Waals surface area contributed by atoms with Crippen LogP contribution in [0.3, 0.4) is 0 Å². The van der Waals surface area contributed by atoms with Crippen molar-refractivity contribution in [3.63, 3.8) is 0 Å². The van der Waals surface area contributed by atoms with E-state index < -0.39 is 47.2 Å². The molecule has 0 aliphatic carbocycles. The van der Waals surface area contributed by atoms with Crippen molar-refractivity contribution in [2.45, 2.75) is 52.2 Å². The van der Waals surface area contributed by atoms with Crippen LogP contribution in [-0.2, 0) is 35.2 Å². The van der Waals surface area contributed by atoms with Crippen molar-refractivity contribution >= 4 is 17.9 Å². The van der Waals surface area contributed by atoms with E-state index in [1.54, 1.807) is 20.8 Å². The van der Waals surface area contributed by atoms with Gasteiger partial charge in [-0.25, -0.2) is 14.0 Å². The Morgan fingerprint density at radius 2 is 1.86 bits per heavy atom. The number of ether oxygens (including phenoxy) is 3. The molecule has 1 aromatic carbocycles. The van der Waals surface area contributed by atoms with E-state index in [4.69, 9.17) is 19.3 Å². The van der Waals surface area contributed by atoms with E-state index in [1.807, 2.05) is 0 Å². The number of rotatable bonds is 9. The van der Waals surface area contributed by atoms with Crippen LogP contribution in [0.25, 0.3) is 5.48 Å². The molecule has 1 rings (SSSR count). The van der Waals surface area contributed by atoms with Crippen molar-refractivity contribution in [1.29, 1.82) is 0 Å². The summed E-state index contributed by atoms with van der Waals surface area (Å²) >= 11 is 0. The van der Waals surface area contributed by atoms with Gasteiger partial charge in [-0.3, -0.25) is 4.79 Å². The molecule has 0 aromatic heterocycles. The fourth-order valence-corrected chi connectivity index (χ4v) is 2.05. The maximum absolute atomic E-state index is 13.5. The third-order valence-corrected chi connectivity index (χ3v) is 3.08. The van der Waals surface area contributed by atoms with Crippen LogP contribution in [0, 0.1) is 5.82 Å². The van der Waals surface area contributed by atoms with E-state index in [9.17, 15) is 18.8 Å². The third-order valence-electron chi connectivity index (χ3n) is 3.08. The number of hydrogen-bond acceptors (Lipinski definition) is 7. The molecule has 1 N–H and O–H groups in total. The normalized spacial score (nSPS) is 13.0. The Kier molecular flexibility index (Phi) is 12.3. The Hall–Kier alpha value is -0.924. The van der Waals surface area contributed by atoms with E-state index >= 15 is 0 Å². The Balaban J connectivity index is 0.00000784. The van der Waals surface area contributed by atoms with Crippen molar-refractivity contribution < 1.29 is 94.3 Å². The van der Waals surface area contributed by atoms with Gasteiger partial charge in [-0.1, -0.05) is 6.07 Å². The molecule has 1 aromatic rings. The zero-order chi connectivity index (χ0) is 21.5. The molecular weight excluding hydrogens is 416 g/mol. The van der Waals surface area contributed by atoms with Crippen LogP contribution in [0.2, 0.25) is 0 Å². The minimum Gasteiger partial charge on any atom is -0.505 e. The Morgan fingerprint density at radius 1 is 1.24 bits per heavy atom. The average molecular weight is 439 g/mol. The number of benzene rings is 1. The molecular formula is C18H23FKNO8. The topological polar surface area (TPSA) is 122 Å². The molecule has 0 fully saturated rings. The van der Waals surface area contributed by atoms with Gasteiger partial charge in [0.2, 0.25) is 6.10 Å². The number of hydroxylamine groups is 1. The molecule has 0 bridgehead atoms. The van der Waals surface area contributed by atoms with Crippen LogP contribution >= 0.6 is 0 Å². The second-order valence-electron chi connectivity index (χ2n) is 6.67. The van der Waals surface area contributed by atoms with Gasteiger partial charge in [0, 0.05) is 20.3 Å². The number of carbonyl (C=O) groups is 3. The Morgan fingerprint density at radius 3 is 2.34 bits per heavy atom. The summed E-state index contributed by atoms with van der Waals surface area (Å²) in [4.78, 5) is 39.5. The van der Waals surface area contributed by atoms with Gasteiger partial charge in [-0.2, -0.15) is 0 Å². The smallest absolute Gasteiger partial charge is 0.505 e. The summed E-state index contributed by atoms with van der Waals surface area (Å²) in [6.07, 6.45) is -2.96. The molecule has 0 aliphatic rings. The summed E-state index contributed by atoms with van der Waals surface area (Å²) in [5, 5.41) is 8.98. The summed E-state index contributed by atoms with van der Waals surface area (Å²) < 4.78 is 29.1. The van der Waals surface area contributed by atoms with E-state index in [-0.39, 0.29) is 58.0 Å². The van der Waals surface area contributed by atoms with Crippen LogP contribution in [-0.4, -0.2) is 48.1 Å². The minimum atomic E-state index is -1.56. The molecule has 0 heterocycles. The van der Waals surface area contributed by atoms with Crippen molar-refractivity contribution in [1.82, 2.24) is 0 Å². The quantitative estimate of drug-likeness (QED) is 0.313. The van der Waals surface area contributed by atoms with Crippen LogP contribution in [0.4, 0.5) is 4.39 Å². The maximum atomic E-state index is 13.5. The number of carbonyl (C=O) groups excluding carboxylic acids is 2. The second kappa shape index (κ2) is 12.7. The SMILES string of the molecule is CO[N-]C(OCc1ccc(F)c(C(=O)O)c1)C(OC(C)=O)C(=O)OC(C)(C)C.[K+]. The monoisotopic (exact) mass is 439 g/mol. The molecule has 2 unspecified atom stereocenters. The van der Waals surface area contributed by atoms with Crippen molar-refractivity contribution in [2.24, 2.45) is 0 Å². The van der Waals surface area contributed by atoms with Crippen LogP contribution < -0.4 is 51.4 Å². The van der Waals surface area contributed by atoms with E-state index in [2.05, 4.69) is 10.3 Å². The summed E-state index contributed by atoms with van der Waals surface area (Å²) in [5.74, 6) is -4.02. The second-order valence-corrected chi connectivity index (χ2v) is 6.67. The predicted molar refractivity (Wildman–Crippen MR) is 93.7 cm³/mol. The number of hydrogen-bond donors (Lipinski definition) is 1. The van der Waals surface area contributed by atoms with Gasteiger partial charge >= 0.3 is 69.3 Å². The number of carboxylic acid groups (broad SMARTS) is 1. The van der Waals surface area contributed by atoms with Gasteiger partial charge in [-0.15, -0.1) is 0 Å². The van der Waals surface area contributed by atoms with Crippen molar-refractivity contribution in [3.8, 4) is 0 Å². The largest absolute Gasteiger partial charge is 1.00 e. The molecule has 156 valence electrons. The van der Waals surface area contributed by atoms with Gasteiger partial charge in [0.25, 0.3) is 0 Å². The van der Waals surface area contributed by atoms with E-state index in [0.717, 1.165) is 19.1 Å². The number of halogens is 1.